The summed E-state index contributed by atoms with van der Waals surface area (Å²) in [4.78, 5) is 11.6. The van der Waals surface area contributed by atoms with Gasteiger partial charge in [-0.2, -0.15) is 5.26 Å². The van der Waals surface area contributed by atoms with Gasteiger partial charge in [-0.15, -0.1) is 0 Å². The fourth-order valence-electron chi connectivity index (χ4n) is 1.66. The Morgan fingerprint density at radius 1 is 1.47 bits per heavy atom. The zero-order valence-corrected chi connectivity index (χ0v) is 11.8. The number of carbonyl (C=O) groups is 1. The summed E-state index contributed by atoms with van der Waals surface area (Å²) in [6.07, 6.45) is 1.33. The smallest absolute Gasteiger partial charge is 0.221 e. The first kappa shape index (κ1) is 15.0. The number of aryl methyl sites for hydroxylation is 1. The SMILES string of the molecule is CCC(C)NC(=O)CCNc1ccc(C)cc1C#N. The van der Waals surface area contributed by atoms with E-state index in [1.807, 2.05) is 39.0 Å². The Kier molecular flexibility index (Phi) is 5.87. The molecular formula is C15H21N3O. The molecular weight excluding hydrogens is 238 g/mol. The van der Waals surface area contributed by atoms with Crippen LogP contribution >= 0.6 is 0 Å². The lowest BCUT2D eigenvalue weighted by molar-refractivity contribution is -0.121. The van der Waals surface area contributed by atoms with Crippen molar-refractivity contribution < 1.29 is 4.79 Å². The highest BCUT2D eigenvalue weighted by molar-refractivity contribution is 5.76. The summed E-state index contributed by atoms with van der Waals surface area (Å²) >= 11 is 0. The quantitative estimate of drug-likeness (QED) is 0.825. The van der Waals surface area contributed by atoms with Gasteiger partial charge in [-0.25, -0.2) is 0 Å². The molecule has 1 unspecified atom stereocenters. The second-order valence-corrected chi connectivity index (χ2v) is 4.71. The van der Waals surface area contributed by atoms with Crippen LogP contribution in [0, 0.1) is 18.3 Å². The number of nitrogens with zero attached hydrogens (tertiary/aromatic N) is 1. The molecule has 0 heterocycles. The predicted octanol–water partition coefficient (Wildman–Crippen LogP) is 2.58. The van der Waals surface area contributed by atoms with Crippen molar-refractivity contribution in [3.63, 3.8) is 0 Å². The number of anilines is 1. The van der Waals surface area contributed by atoms with E-state index in [4.69, 9.17) is 5.26 Å². The fraction of sp³-hybridized carbons (Fsp3) is 0.467. The van der Waals surface area contributed by atoms with Crippen LogP contribution in [0.3, 0.4) is 0 Å². The maximum atomic E-state index is 11.6. The van der Waals surface area contributed by atoms with Gasteiger partial charge in [0.25, 0.3) is 0 Å². The van der Waals surface area contributed by atoms with Gasteiger partial charge in [-0.1, -0.05) is 13.0 Å². The number of hydrogen-bond donors (Lipinski definition) is 2. The molecule has 0 aliphatic heterocycles. The Hall–Kier alpha value is -2.02. The molecule has 102 valence electrons. The van der Waals surface area contributed by atoms with Crippen molar-refractivity contribution in [2.24, 2.45) is 0 Å². The Morgan fingerprint density at radius 2 is 2.21 bits per heavy atom. The molecule has 0 aliphatic carbocycles. The lowest BCUT2D eigenvalue weighted by Crippen LogP contribution is -2.32. The van der Waals surface area contributed by atoms with Gasteiger partial charge in [0, 0.05) is 19.0 Å². The number of nitriles is 1. The molecule has 1 aromatic rings. The topological polar surface area (TPSA) is 64.9 Å². The third-order valence-corrected chi connectivity index (χ3v) is 2.98. The van der Waals surface area contributed by atoms with Crippen LogP contribution in [0.15, 0.2) is 18.2 Å². The number of rotatable bonds is 6. The minimum absolute atomic E-state index is 0.0347. The monoisotopic (exact) mass is 259 g/mol. The van der Waals surface area contributed by atoms with E-state index in [0.717, 1.165) is 17.7 Å². The number of nitrogens with one attached hydrogen (secondary N) is 2. The third kappa shape index (κ3) is 5.01. The highest BCUT2D eigenvalue weighted by atomic mass is 16.1. The molecule has 2 N–H and O–H groups in total. The minimum atomic E-state index is 0.0347. The molecule has 0 saturated heterocycles. The van der Waals surface area contributed by atoms with Gasteiger partial charge in [0.15, 0.2) is 0 Å². The maximum Gasteiger partial charge on any atom is 0.221 e. The van der Waals surface area contributed by atoms with Crippen molar-refractivity contribution in [2.45, 2.75) is 39.7 Å². The molecule has 4 nitrogen and oxygen atoms in total. The van der Waals surface area contributed by atoms with E-state index in [1.165, 1.54) is 0 Å². The Balaban J connectivity index is 2.46. The van der Waals surface area contributed by atoms with Gasteiger partial charge in [0.05, 0.1) is 11.3 Å². The average molecular weight is 259 g/mol. The highest BCUT2D eigenvalue weighted by Gasteiger charge is 2.06. The van der Waals surface area contributed by atoms with Crippen molar-refractivity contribution >= 4 is 11.6 Å². The molecule has 0 fully saturated rings. The first-order chi connectivity index (χ1) is 9.06. The third-order valence-electron chi connectivity index (χ3n) is 2.98. The Bertz CT molecular complexity index is 477. The van der Waals surface area contributed by atoms with Crippen LogP contribution in [-0.2, 0) is 4.79 Å². The van der Waals surface area contributed by atoms with Gasteiger partial charge in [0.2, 0.25) is 5.91 Å². The molecule has 1 atom stereocenters. The van der Waals surface area contributed by atoms with Gasteiger partial charge in [0.1, 0.15) is 6.07 Å². The number of benzene rings is 1. The first-order valence-corrected chi connectivity index (χ1v) is 6.60. The van der Waals surface area contributed by atoms with Gasteiger partial charge in [-0.05, 0) is 38.0 Å². The largest absolute Gasteiger partial charge is 0.383 e. The summed E-state index contributed by atoms with van der Waals surface area (Å²) < 4.78 is 0. The van der Waals surface area contributed by atoms with E-state index in [0.29, 0.717) is 18.5 Å². The van der Waals surface area contributed by atoms with E-state index in [-0.39, 0.29) is 11.9 Å². The Morgan fingerprint density at radius 3 is 2.84 bits per heavy atom. The highest BCUT2D eigenvalue weighted by Crippen LogP contribution is 2.16. The van der Waals surface area contributed by atoms with Gasteiger partial charge >= 0.3 is 0 Å². The lowest BCUT2D eigenvalue weighted by Gasteiger charge is -2.12. The van der Waals surface area contributed by atoms with Crippen molar-refractivity contribution in [3.8, 4) is 6.07 Å². The zero-order chi connectivity index (χ0) is 14.3. The second-order valence-electron chi connectivity index (χ2n) is 4.71. The second kappa shape index (κ2) is 7.42. The minimum Gasteiger partial charge on any atom is -0.383 e. The normalized spacial score (nSPS) is 11.5. The van der Waals surface area contributed by atoms with Gasteiger partial charge in [-0.3, -0.25) is 4.79 Å². The zero-order valence-electron chi connectivity index (χ0n) is 11.8. The van der Waals surface area contributed by atoms with Crippen LogP contribution in [0.1, 0.15) is 37.8 Å². The van der Waals surface area contributed by atoms with E-state index in [2.05, 4.69) is 16.7 Å². The van der Waals surface area contributed by atoms with Crippen LogP contribution < -0.4 is 10.6 Å². The first-order valence-electron chi connectivity index (χ1n) is 6.60. The molecule has 1 amide bonds. The van der Waals surface area contributed by atoms with E-state index >= 15 is 0 Å². The lowest BCUT2D eigenvalue weighted by atomic mass is 10.1. The molecule has 19 heavy (non-hydrogen) atoms. The van der Waals surface area contributed by atoms with Gasteiger partial charge < -0.3 is 10.6 Å². The van der Waals surface area contributed by atoms with Crippen molar-refractivity contribution in [1.82, 2.24) is 5.32 Å². The predicted molar refractivity (Wildman–Crippen MR) is 76.9 cm³/mol. The molecule has 0 saturated carbocycles. The number of hydrogen-bond acceptors (Lipinski definition) is 3. The summed E-state index contributed by atoms with van der Waals surface area (Å²) in [6, 6.07) is 8.02. The standard InChI is InChI=1S/C15H21N3O/c1-4-12(3)18-15(19)7-8-17-14-6-5-11(2)9-13(14)10-16/h5-6,9,12,17H,4,7-8H2,1-3H3,(H,18,19). The van der Waals surface area contributed by atoms with Crippen molar-refractivity contribution in [2.75, 3.05) is 11.9 Å². The van der Waals surface area contributed by atoms with E-state index in [9.17, 15) is 4.79 Å². The maximum absolute atomic E-state index is 11.6. The van der Waals surface area contributed by atoms with Crippen LogP contribution in [0.4, 0.5) is 5.69 Å². The molecule has 0 radical (unpaired) electrons. The summed E-state index contributed by atoms with van der Waals surface area (Å²) in [7, 11) is 0. The van der Waals surface area contributed by atoms with Crippen LogP contribution in [0.2, 0.25) is 0 Å². The molecule has 0 bridgehead atoms. The number of carbonyl (C=O) groups excluding carboxylic acids is 1. The van der Waals surface area contributed by atoms with Crippen molar-refractivity contribution in [3.05, 3.63) is 29.3 Å². The fourth-order valence-corrected chi connectivity index (χ4v) is 1.66. The van der Waals surface area contributed by atoms with E-state index < -0.39 is 0 Å². The van der Waals surface area contributed by atoms with Crippen LogP contribution in [-0.4, -0.2) is 18.5 Å². The molecule has 1 rings (SSSR count). The molecule has 4 heteroatoms. The summed E-state index contributed by atoms with van der Waals surface area (Å²) in [6.45, 7) is 6.50. The molecule has 0 aromatic heterocycles. The summed E-state index contributed by atoms with van der Waals surface area (Å²) in [5, 5.41) is 15.1. The van der Waals surface area contributed by atoms with Crippen LogP contribution in [0.25, 0.3) is 0 Å². The molecule has 1 aromatic carbocycles. The van der Waals surface area contributed by atoms with Crippen LogP contribution in [0.5, 0.6) is 0 Å². The van der Waals surface area contributed by atoms with E-state index in [1.54, 1.807) is 0 Å². The Labute approximate surface area is 114 Å². The number of amides is 1. The summed E-state index contributed by atoms with van der Waals surface area (Å²) in [5.74, 6) is 0.0347. The molecule has 0 spiro atoms. The molecule has 0 aliphatic rings. The van der Waals surface area contributed by atoms with Crippen molar-refractivity contribution in [1.29, 1.82) is 5.26 Å². The average Bonchev–Trinajstić information content (AvgIpc) is 2.40. The summed E-state index contributed by atoms with van der Waals surface area (Å²) in [5.41, 5.74) is 2.45.